The first-order chi connectivity index (χ1) is 9.38. The van der Waals surface area contributed by atoms with Crippen LogP contribution in [0.4, 0.5) is 5.69 Å². The Balaban J connectivity index is 2.30. The fourth-order valence-electron chi connectivity index (χ4n) is 1.83. The van der Waals surface area contributed by atoms with Crippen LogP contribution in [0.1, 0.15) is 18.5 Å². The van der Waals surface area contributed by atoms with E-state index in [0.717, 1.165) is 24.7 Å². The van der Waals surface area contributed by atoms with Gasteiger partial charge < -0.3 is 5.32 Å². The van der Waals surface area contributed by atoms with Gasteiger partial charge in [0.05, 0.1) is 11.7 Å². The van der Waals surface area contributed by atoms with Crippen molar-refractivity contribution in [3.8, 4) is 0 Å². The maximum atomic E-state index is 6.24. The van der Waals surface area contributed by atoms with Crippen LogP contribution in [0.2, 0.25) is 10.0 Å². The van der Waals surface area contributed by atoms with Gasteiger partial charge in [-0.05, 0) is 68.6 Å². The molecule has 2 aromatic rings. The second kappa shape index (κ2) is 7.01. The molecule has 0 heterocycles. The molecular weight excluding hydrogens is 493 g/mol. The van der Waals surface area contributed by atoms with E-state index in [1.54, 1.807) is 6.07 Å². The number of rotatable bonds is 3. The summed E-state index contributed by atoms with van der Waals surface area (Å²) in [5, 5.41) is 4.73. The summed E-state index contributed by atoms with van der Waals surface area (Å²) >= 11 is 22.7. The molecule has 20 heavy (non-hydrogen) atoms. The molecule has 0 saturated carbocycles. The molecule has 1 atom stereocenters. The molecule has 1 unspecified atom stereocenters. The van der Waals surface area contributed by atoms with Crippen molar-refractivity contribution in [3.05, 3.63) is 59.4 Å². The first-order valence-electron chi connectivity index (χ1n) is 5.74. The van der Waals surface area contributed by atoms with E-state index >= 15 is 0 Å². The van der Waals surface area contributed by atoms with E-state index in [1.807, 2.05) is 24.3 Å². The van der Waals surface area contributed by atoms with Gasteiger partial charge in [-0.25, -0.2) is 0 Å². The Morgan fingerprint density at radius 1 is 1.00 bits per heavy atom. The third kappa shape index (κ3) is 3.92. The van der Waals surface area contributed by atoms with Gasteiger partial charge in [-0.2, -0.15) is 0 Å². The van der Waals surface area contributed by atoms with E-state index in [0.29, 0.717) is 10.0 Å². The van der Waals surface area contributed by atoms with Gasteiger partial charge in [0.15, 0.2) is 0 Å². The molecule has 0 amide bonds. The summed E-state index contributed by atoms with van der Waals surface area (Å²) in [6.07, 6.45) is 0. The zero-order chi connectivity index (χ0) is 14.9. The minimum absolute atomic E-state index is 0.0496. The molecule has 1 nitrogen and oxygen atoms in total. The van der Waals surface area contributed by atoms with E-state index in [1.165, 1.54) is 0 Å². The van der Waals surface area contributed by atoms with Crippen LogP contribution >= 0.6 is 71.0 Å². The monoisotopic (exact) mass is 499 g/mol. The summed E-state index contributed by atoms with van der Waals surface area (Å²) in [6.45, 7) is 2.05. The lowest BCUT2D eigenvalue weighted by molar-refractivity contribution is 0.882. The van der Waals surface area contributed by atoms with Crippen molar-refractivity contribution in [1.29, 1.82) is 0 Å². The average molecular weight is 503 g/mol. The number of nitrogens with one attached hydrogen (secondary N) is 1. The Morgan fingerprint density at radius 2 is 1.60 bits per heavy atom. The number of anilines is 1. The van der Waals surface area contributed by atoms with Crippen molar-refractivity contribution in [3.63, 3.8) is 0 Å². The van der Waals surface area contributed by atoms with Crippen LogP contribution in [0.25, 0.3) is 0 Å². The van der Waals surface area contributed by atoms with Gasteiger partial charge in [0, 0.05) is 23.5 Å². The molecule has 0 aromatic heterocycles. The normalized spacial score (nSPS) is 12.3. The molecule has 106 valence electrons. The van der Waals surface area contributed by atoms with Crippen molar-refractivity contribution in [2.45, 2.75) is 13.0 Å². The summed E-state index contributed by atoms with van der Waals surface area (Å²) in [4.78, 5) is 0. The molecule has 6 heteroatoms. The quantitative estimate of drug-likeness (QED) is 0.459. The fraction of sp³-hybridized carbons (Fsp3) is 0.143. The lowest BCUT2D eigenvalue weighted by Gasteiger charge is -2.19. The highest BCUT2D eigenvalue weighted by molar-refractivity contribution is 9.11. The smallest absolute Gasteiger partial charge is 0.0634 e. The van der Waals surface area contributed by atoms with Gasteiger partial charge in [-0.3, -0.25) is 0 Å². The van der Waals surface area contributed by atoms with E-state index in [2.05, 4.69) is 60.0 Å². The Kier molecular flexibility index (Phi) is 5.83. The molecule has 0 aliphatic rings. The minimum atomic E-state index is 0.0496. The topological polar surface area (TPSA) is 12.0 Å². The summed E-state index contributed by atoms with van der Waals surface area (Å²) < 4.78 is 2.94. The third-order valence-electron chi connectivity index (χ3n) is 2.80. The molecule has 0 fully saturated rings. The van der Waals surface area contributed by atoms with Crippen LogP contribution in [0.15, 0.2) is 43.7 Å². The molecule has 0 bridgehead atoms. The lowest BCUT2D eigenvalue weighted by atomic mass is 10.1. The van der Waals surface area contributed by atoms with Crippen LogP contribution in [0.3, 0.4) is 0 Å². The summed E-state index contributed by atoms with van der Waals surface area (Å²) in [7, 11) is 0. The zero-order valence-corrected chi connectivity index (χ0v) is 16.6. The van der Waals surface area contributed by atoms with E-state index in [4.69, 9.17) is 23.2 Å². The molecule has 0 aliphatic heterocycles. The summed E-state index contributed by atoms with van der Waals surface area (Å²) in [5.41, 5.74) is 1.98. The average Bonchev–Trinajstić information content (AvgIpc) is 2.33. The van der Waals surface area contributed by atoms with E-state index in [9.17, 15) is 0 Å². The maximum Gasteiger partial charge on any atom is 0.0634 e. The van der Waals surface area contributed by atoms with Crippen molar-refractivity contribution in [2.24, 2.45) is 0 Å². The number of benzene rings is 2. The molecule has 0 radical (unpaired) electrons. The van der Waals surface area contributed by atoms with Crippen molar-refractivity contribution in [1.82, 2.24) is 0 Å². The number of hydrogen-bond donors (Lipinski definition) is 1. The van der Waals surface area contributed by atoms with Gasteiger partial charge >= 0.3 is 0 Å². The Labute approximate surface area is 153 Å². The van der Waals surface area contributed by atoms with E-state index < -0.39 is 0 Å². The first kappa shape index (κ1) is 16.6. The Hall–Kier alpha value is 0.260. The molecule has 2 aromatic carbocycles. The highest BCUT2D eigenvalue weighted by Gasteiger charge is 2.14. The third-order valence-corrected chi connectivity index (χ3v) is 5.07. The van der Waals surface area contributed by atoms with Crippen LogP contribution in [0, 0.1) is 0 Å². The van der Waals surface area contributed by atoms with Crippen LogP contribution < -0.4 is 5.32 Å². The molecule has 0 spiro atoms. The molecule has 2 rings (SSSR count). The van der Waals surface area contributed by atoms with Crippen molar-refractivity contribution >= 4 is 76.7 Å². The van der Waals surface area contributed by atoms with Crippen LogP contribution in [0.5, 0.6) is 0 Å². The van der Waals surface area contributed by atoms with Gasteiger partial charge in [-0.15, -0.1) is 0 Å². The highest BCUT2D eigenvalue weighted by Crippen LogP contribution is 2.37. The minimum Gasteiger partial charge on any atom is -0.377 e. The molecule has 0 aliphatic carbocycles. The summed E-state index contributed by atoms with van der Waals surface area (Å²) in [6, 6.07) is 9.55. The van der Waals surface area contributed by atoms with Crippen LogP contribution in [-0.2, 0) is 0 Å². The highest BCUT2D eigenvalue weighted by atomic mass is 79.9. The largest absolute Gasteiger partial charge is 0.377 e. The van der Waals surface area contributed by atoms with Gasteiger partial charge in [0.1, 0.15) is 0 Å². The lowest BCUT2D eigenvalue weighted by Crippen LogP contribution is -2.08. The van der Waals surface area contributed by atoms with Crippen molar-refractivity contribution in [2.75, 3.05) is 5.32 Å². The maximum absolute atomic E-state index is 6.24. The standard InChI is InChI=1S/C14H10Br3Cl2N/c1-7(10-3-2-9(18)6-13(10)19)20-14-11(16)4-8(15)5-12(14)17/h2-7,20H,1H3. The second-order valence-electron chi connectivity index (χ2n) is 4.28. The predicted molar refractivity (Wildman–Crippen MR) is 98.0 cm³/mol. The van der Waals surface area contributed by atoms with E-state index in [-0.39, 0.29) is 6.04 Å². The second-order valence-corrected chi connectivity index (χ2v) is 7.74. The molecule has 0 saturated heterocycles. The summed E-state index contributed by atoms with van der Waals surface area (Å²) in [5.74, 6) is 0. The Bertz CT molecular complexity index is 623. The van der Waals surface area contributed by atoms with Crippen molar-refractivity contribution < 1.29 is 0 Å². The molecular formula is C14H10Br3Cl2N. The number of hydrogen-bond acceptors (Lipinski definition) is 1. The zero-order valence-electron chi connectivity index (χ0n) is 10.4. The number of halogens is 5. The Morgan fingerprint density at radius 3 is 2.15 bits per heavy atom. The predicted octanol–water partition coefficient (Wildman–Crippen LogP) is 7.45. The first-order valence-corrected chi connectivity index (χ1v) is 8.88. The fourth-order valence-corrected chi connectivity index (χ4v) is 4.89. The SMILES string of the molecule is CC(Nc1c(Br)cc(Br)cc1Br)c1ccc(Cl)cc1Cl. The van der Waals surface area contributed by atoms with Gasteiger partial charge in [0.2, 0.25) is 0 Å². The van der Waals surface area contributed by atoms with Crippen LogP contribution in [-0.4, -0.2) is 0 Å². The van der Waals surface area contributed by atoms with Gasteiger partial charge in [0.25, 0.3) is 0 Å². The molecule has 1 N–H and O–H groups in total. The van der Waals surface area contributed by atoms with Gasteiger partial charge in [-0.1, -0.05) is 45.2 Å².